The lowest BCUT2D eigenvalue weighted by molar-refractivity contribution is 0.141. The van der Waals surface area contributed by atoms with Crippen molar-refractivity contribution < 1.29 is 9.94 Å². The molecule has 0 aliphatic heterocycles. The van der Waals surface area contributed by atoms with Crippen LogP contribution in [0.3, 0.4) is 0 Å². The van der Waals surface area contributed by atoms with Crippen molar-refractivity contribution in [3.63, 3.8) is 0 Å². The van der Waals surface area contributed by atoms with Gasteiger partial charge in [0.25, 0.3) is 0 Å². The molecule has 0 spiro atoms. The summed E-state index contributed by atoms with van der Waals surface area (Å²) in [5.41, 5.74) is 2.40. The van der Waals surface area contributed by atoms with Gasteiger partial charge >= 0.3 is 0 Å². The maximum absolute atomic E-state index is 9.06. The van der Waals surface area contributed by atoms with E-state index in [0.29, 0.717) is 12.5 Å². The van der Waals surface area contributed by atoms with E-state index in [1.54, 1.807) is 6.07 Å². The monoisotopic (exact) mass is 310 g/mol. The van der Waals surface area contributed by atoms with Crippen LogP contribution in [0.4, 0.5) is 0 Å². The minimum atomic E-state index is 0.413. The Balaban J connectivity index is 2.12. The van der Waals surface area contributed by atoms with Gasteiger partial charge in [0.1, 0.15) is 6.61 Å². The van der Waals surface area contributed by atoms with Gasteiger partial charge in [-0.15, -0.1) is 4.85 Å². The van der Waals surface area contributed by atoms with Crippen LogP contribution >= 0.6 is 15.9 Å². The third-order valence-corrected chi connectivity index (χ3v) is 3.39. The van der Waals surface area contributed by atoms with Crippen molar-refractivity contribution in [3.8, 4) is 5.88 Å². The van der Waals surface area contributed by atoms with Crippen molar-refractivity contribution in [1.82, 2.24) is 9.94 Å². The minimum Gasteiger partial charge on any atom is -0.472 e. The van der Waals surface area contributed by atoms with E-state index in [1.807, 2.05) is 12.1 Å². The highest BCUT2D eigenvalue weighted by Gasteiger charge is 2.08. The molecule has 18 heavy (non-hydrogen) atoms. The Kier molecular flexibility index (Phi) is 4.25. The summed E-state index contributed by atoms with van der Waals surface area (Å²) in [7, 11) is 0. The quantitative estimate of drug-likeness (QED) is 0.861. The standard InChI is InChI=1S/C13H15BrN2O2/c1-2-4-10-5-3-6-12(14)11(10)9-18-13-7-8-16(17)15-13/h3,5-8,17H,2,4,9H2,1H3. The highest BCUT2D eigenvalue weighted by Crippen LogP contribution is 2.23. The van der Waals surface area contributed by atoms with E-state index in [4.69, 9.17) is 9.94 Å². The molecular formula is C13H15BrN2O2. The number of hydrogen-bond acceptors (Lipinski definition) is 3. The molecule has 1 aromatic carbocycles. The van der Waals surface area contributed by atoms with Crippen molar-refractivity contribution in [3.05, 3.63) is 46.1 Å². The van der Waals surface area contributed by atoms with Gasteiger partial charge < -0.3 is 9.94 Å². The summed E-state index contributed by atoms with van der Waals surface area (Å²) in [6.45, 7) is 2.59. The van der Waals surface area contributed by atoms with Gasteiger partial charge in [-0.05, 0) is 18.1 Å². The van der Waals surface area contributed by atoms with Crippen LogP contribution in [0, 0.1) is 0 Å². The summed E-state index contributed by atoms with van der Waals surface area (Å²) >= 11 is 3.54. The fourth-order valence-corrected chi connectivity index (χ4v) is 2.31. The van der Waals surface area contributed by atoms with Gasteiger partial charge in [0, 0.05) is 16.1 Å². The van der Waals surface area contributed by atoms with Gasteiger partial charge in [-0.3, -0.25) is 0 Å². The van der Waals surface area contributed by atoms with Crippen molar-refractivity contribution in [2.75, 3.05) is 0 Å². The number of nitrogens with zero attached hydrogens (tertiary/aromatic N) is 2. The number of aromatic nitrogens is 2. The summed E-state index contributed by atoms with van der Waals surface area (Å²) in [4.78, 5) is 0.738. The number of aryl methyl sites for hydroxylation is 1. The van der Waals surface area contributed by atoms with Crippen molar-refractivity contribution in [1.29, 1.82) is 0 Å². The normalized spacial score (nSPS) is 10.6. The van der Waals surface area contributed by atoms with Crippen LogP contribution in [0.5, 0.6) is 5.88 Å². The molecule has 1 aromatic heterocycles. The molecule has 2 rings (SSSR count). The predicted molar refractivity (Wildman–Crippen MR) is 71.9 cm³/mol. The van der Waals surface area contributed by atoms with Gasteiger partial charge in [0.2, 0.25) is 5.88 Å². The first kappa shape index (κ1) is 13.0. The summed E-state index contributed by atoms with van der Waals surface area (Å²) in [6.07, 6.45) is 3.55. The van der Waals surface area contributed by atoms with Crippen molar-refractivity contribution in [2.24, 2.45) is 0 Å². The highest BCUT2D eigenvalue weighted by atomic mass is 79.9. The molecule has 0 radical (unpaired) electrons. The predicted octanol–water partition coefficient (Wildman–Crippen LogP) is 3.41. The molecule has 0 unspecified atom stereocenters. The third kappa shape index (κ3) is 3.04. The number of hydrogen-bond donors (Lipinski definition) is 1. The maximum atomic E-state index is 9.06. The number of halogens is 1. The van der Waals surface area contributed by atoms with Gasteiger partial charge in [-0.25, -0.2) is 0 Å². The van der Waals surface area contributed by atoms with Crippen LogP contribution in [-0.4, -0.2) is 15.2 Å². The number of ether oxygens (including phenoxy) is 1. The molecule has 2 aromatic rings. The van der Waals surface area contributed by atoms with Crippen LogP contribution < -0.4 is 4.74 Å². The molecule has 4 nitrogen and oxygen atoms in total. The van der Waals surface area contributed by atoms with Crippen LogP contribution in [0.1, 0.15) is 24.5 Å². The lowest BCUT2D eigenvalue weighted by Gasteiger charge is -2.11. The van der Waals surface area contributed by atoms with E-state index in [1.165, 1.54) is 11.8 Å². The van der Waals surface area contributed by atoms with Crippen molar-refractivity contribution >= 4 is 15.9 Å². The molecule has 1 N–H and O–H groups in total. The van der Waals surface area contributed by atoms with Crippen LogP contribution in [0.2, 0.25) is 0 Å². The molecule has 0 saturated heterocycles. The molecule has 0 amide bonds. The van der Waals surface area contributed by atoms with Gasteiger partial charge in [0.15, 0.2) is 0 Å². The van der Waals surface area contributed by atoms with E-state index < -0.39 is 0 Å². The second-order valence-corrected chi connectivity index (χ2v) is 4.84. The largest absolute Gasteiger partial charge is 0.472 e. The van der Waals surface area contributed by atoms with E-state index in [2.05, 4.69) is 34.0 Å². The highest BCUT2D eigenvalue weighted by molar-refractivity contribution is 9.10. The summed E-state index contributed by atoms with van der Waals surface area (Å²) < 4.78 is 6.60. The Bertz CT molecular complexity index is 525. The maximum Gasteiger partial charge on any atom is 0.236 e. The Labute approximate surface area is 114 Å². The first-order chi connectivity index (χ1) is 8.70. The van der Waals surface area contributed by atoms with Crippen LogP contribution in [0.15, 0.2) is 34.9 Å². The molecule has 0 atom stereocenters. The first-order valence-electron chi connectivity index (χ1n) is 5.84. The second-order valence-electron chi connectivity index (χ2n) is 3.99. The number of rotatable bonds is 5. The molecule has 5 heteroatoms. The van der Waals surface area contributed by atoms with Gasteiger partial charge in [-0.2, -0.15) is 0 Å². The zero-order valence-electron chi connectivity index (χ0n) is 10.1. The molecule has 0 aliphatic rings. The van der Waals surface area contributed by atoms with Gasteiger partial charge in [-0.1, -0.05) is 46.5 Å². The fraction of sp³-hybridized carbons (Fsp3) is 0.308. The number of benzene rings is 1. The Morgan fingerprint density at radius 2 is 2.22 bits per heavy atom. The van der Waals surface area contributed by atoms with E-state index in [0.717, 1.165) is 27.7 Å². The summed E-state index contributed by atoms with van der Waals surface area (Å²) in [5, 5.41) is 12.8. The van der Waals surface area contributed by atoms with E-state index >= 15 is 0 Å². The van der Waals surface area contributed by atoms with Crippen molar-refractivity contribution in [2.45, 2.75) is 26.4 Å². The third-order valence-electron chi connectivity index (χ3n) is 2.65. The molecule has 0 bridgehead atoms. The van der Waals surface area contributed by atoms with E-state index in [9.17, 15) is 0 Å². The minimum absolute atomic E-state index is 0.413. The lowest BCUT2D eigenvalue weighted by Crippen LogP contribution is -2.02. The first-order valence-corrected chi connectivity index (χ1v) is 6.64. The topological polar surface area (TPSA) is 47.3 Å². The molecule has 96 valence electrons. The van der Waals surface area contributed by atoms with E-state index in [-0.39, 0.29) is 0 Å². The zero-order chi connectivity index (χ0) is 13.0. The molecule has 0 saturated carbocycles. The zero-order valence-corrected chi connectivity index (χ0v) is 11.7. The SMILES string of the molecule is CCCc1cccc(Br)c1COc1ccn(O)n1. The molecule has 0 aliphatic carbocycles. The fourth-order valence-electron chi connectivity index (χ4n) is 1.79. The second kappa shape index (κ2) is 5.91. The van der Waals surface area contributed by atoms with Crippen LogP contribution in [-0.2, 0) is 13.0 Å². The lowest BCUT2D eigenvalue weighted by atomic mass is 10.0. The molecular weight excluding hydrogens is 296 g/mol. The average molecular weight is 311 g/mol. The van der Waals surface area contributed by atoms with Crippen LogP contribution in [0.25, 0.3) is 0 Å². The smallest absolute Gasteiger partial charge is 0.236 e. The Morgan fingerprint density at radius 3 is 2.89 bits per heavy atom. The molecule has 0 fully saturated rings. The Hall–Kier alpha value is -1.49. The summed E-state index contributed by atoms with van der Waals surface area (Å²) in [5.74, 6) is 0.413. The molecule has 1 heterocycles. The van der Waals surface area contributed by atoms with Gasteiger partial charge in [0.05, 0.1) is 6.20 Å². The average Bonchev–Trinajstić information content (AvgIpc) is 2.75. The Morgan fingerprint density at radius 1 is 1.39 bits per heavy atom. The summed E-state index contributed by atoms with van der Waals surface area (Å²) in [6, 6.07) is 7.76.